The van der Waals surface area contributed by atoms with Crippen LogP contribution in [0.2, 0.25) is 0 Å². The molecule has 3 aromatic rings. The van der Waals surface area contributed by atoms with E-state index in [1.54, 1.807) is 30.0 Å². The maximum atomic E-state index is 12.2. The van der Waals surface area contributed by atoms with E-state index in [0.717, 1.165) is 21.5 Å². The molecule has 2 heterocycles. The van der Waals surface area contributed by atoms with Crippen LogP contribution in [0, 0.1) is 13.8 Å². The Bertz CT molecular complexity index is 738. The molecule has 0 saturated heterocycles. The lowest BCUT2D eigenvalue weighted by atomic mass is 10.1. The highest BCUT2D eigenvalue weighted by molar-refractivity contribution is 7.16. The Hall–Kier alpha value is -2.14. The van der Waals surface area contributed by atoms with Crippen LogP contribution >= 0.6 is 11.3 Å². The van der Waals surface area contributed by atoms with Gasteiger partial charge in [-0.25, -0.2) is 4.98 Å². The first-order chi connectivity index (χ1) is 9.15. The Labute approximate surface area is 114 Å². The molecule has 0 saturated carbocycles. The Kier molecular flexibility index (Phi) is 2.83. The first-order valence-corrected chi connectivity index (χ1v) is 6.72. The third-order valence-corrected chi connectivity index (χ3v) is 3.77. The van der Waals surface area contributed by atoms with Crippen LogP contribution in [0.4, 0.5) is 5.69 Å². The number of carbonyl (C=O) groups is 1. The predicted molar refractivity (Wildman–Crippen MR) is 75.8 cm³/mol. The van der Waals surface area contributed by atoms with Gasteiger partial charge in [-0.1, -0.05) is 0 Å². The fourth-order valence-corrected chi connectivity index (χ4v) is 2.75. The number of fused-ring (bicyclic) bond motifs is 1. The average Bonchev–Trinajstić information content (AvgIpc) is 2.95. The highest BCUT2D eigenvalue weighted by atomic mass is 32.1. The first-order valence-electron chi connectivity index (χ1n) is 5.84. The molecule has 0 fully saturated rings. The van der Waals surface area contributed by atoms with Gasteiger partial charge in [-0.3, -0.25) is 4.79 Å². The molecule has 0 spiro atoms. The van der Waals surface area contributed by atoms with Crippen LogP contribution in [0.5, 0.6) is 0 Å². The summed E-state index contributed by atoms with van der Waals surface area (Å²) < 4.78 is 6.30. The van der Waals surface area contributed by atoms with Crippen molar-refractivity contribution in [1.82, 2.24) is 4.98 Å². The number of anilines is 1. The summed E-state index contributed by atoms with van der Waals surface area (Å²) in [4.78, 5) is 16.4. The van der Waals surface area contributed by atoms with E-state index >= 15 is 0 Å². The molecule has 0 unspecified atom stereocenters. The number of hydrogen-bond acceptors (Lipinski definition) is 4. The summed E-state index contributed by atoms with van der Waals surface area (Å²) in [5, 5.41) is 2.89. The second-order valence-electron chi connectivity index (χ2n) is 4.34. The summed E-state index contributed by atoms with van der Waals surface area (Å²) in [6, 6.07) is 5.68. The maximum absolute atomic E-state index is 12.2. The van der Waals surface area contributed by atoms with Crippen molar-refractivity contribution in [3.63, 3.8) is 0 Å². The molecule has 2 aromatic heterocycles. The first kappa shape index (κ1) is 11.9. The van der Waals surface area contributed by atoms with Crippen LogP contribution in [-0.4, -0.2) is 10.9 Å². The van der Waals surface area contributed by atoms with Crippen molar-refractivity contribution in [3.8, 4) is 0 Å². The highest BCUT2D eigenvalue weighted by Gasteiger charge is 2.15. The number of benzene rings is 1. The van der Waals surface area contributed by atoms with E-state index in [4.69, 9.17) is 4.42 Å². The number of carbonyl (C=O) groups excluding carboxylic acids is 1. The Balaban J connectivity index is 1.90. The molecule has 3 rings (SSSR count). The summed E-state index contributed by atoms with van der Waals surface area (Å²) in [7, 11) is 0. The maximum Gasteiger partial charge on any atom is 0.259 e. The Morgan fingerprint density at radius 1 is 1.37 bits per heavy atom. The van der Waals surface area contributed by atoms with Crippen molar-refractivity contribution in [1.29, 1.82) is 0 Å². The van der Waals surface area contributed by atoms with Crippen molar-refractivity contribution in [3.05, 3.63) is 46.9 Å². The molecule has 0 aliphatic carbocycles. The molecule has 1 aromatic carbocycles. The third-order valence-electron chi connectivity index (χ3n) is 2.98. The number of rotatable bonds is 2. The smallest absolute Gasteiger partial charge is 0.259 e. The van der Waals surface area contributed by atoms with Gasteiger partial charge in [0.2, 0.25) is 0 Å². The molecule has 1 amide bonds. The van der Waals surface area contributed by atoms with Gasteiger partial charge in [0.05, 0.1) is 27.6 Å². The van der Waals surface area contributed by atoms with Crippen molar-refractivity contribution >= 4 is 33.1 Å². The lowest BCUT2D eigenvalue weighted by Crippen LogP contribution is -2.13. The van der Waals surface area contributed by atoms with E-state index in [2.05, 4.69) is 10.3 Å². The second-order valence-corrected chi connectivity index (χ2v) is 5.23. The van der Waals surface area contributed by atoms with E-state index in [1.807, 2.05) is 25.1 Å². The minimum absolute atomic E-state index is 0.146. The fourth-order valence-electron chi connectivity index (χ4n) is 2.04. The van der Waals surface area contributed by atoms with Gasteiger partial charge in [-0.15, -0.1) is 11.3 Å². The summed E-state index contributed by atoms with van der Waals surface area (Å²) >= 11 is 1.55. The number of aromatic nitrogens is 1. The number of furan rings is 1. The molecular formula is C14H12N2O2S. The lowest BCUT2D eigenvalue weighted by molar-refractivity contribution is 0.102. The highest BCUT2D eigenvalue weighted by Crippen LogP contribution is 2.23. The number of aryl methyl sites for hydroxylation is 2. The summed E-state index contributed by atoms with van der Waals surface area (Å²) in [6.45, 7) is 3.64. The topological polar surface area (TPSA) is 55.1 Å². The molecule has 0 aliphatic rings. The minimum Gasteiger partial charge on any atom is -0.469 e. The van der Waals surface area contributed by atoms with E-state index in [1.165, 1.54) is 0 Å². The second kappa shape index (κ2) is 4.51. The average molecular weight is 272 g/mol. The monoisotopic (exact) mass is 272 g/mol. The quantitative estimate of drug-likeness (QED) is 0.772. The van der Waals surface area contributed by atoms with Gasteiger partial charge in [0.25, 0.3) is 5.91 Å². The minimum atomic E-state index is -0.146. The summed E-state index contributed by atoms with van der Waals surface area (Å²) in [5.74, 6) is 0.487. The van der Waals surface area contributed by atoms with E-state index < -0.39 is 0 Å². The zero-order chi connectivity index (χ0) is 13.4. The molecule has 1 N–H and O–H groups in total. The number of hydrogen-bond donors (Lipinski definition) is 1. The van der Waals surface area contributed by atoms with Gasteiger partial charge < -0.3 is 9.73 Å². The standard InChI is InChI=1S/C14H12N2O2S/c1-8-6-18-9(2)13(8)14(17)16-10-3-4-11-12(5-10)19-7-15-11/h3-7H,1-2H3,(H,16,17). The normalized spacial score (nSPS) is 10.8. The molecule has 0 bridgehead atoms. The van der Waals surface area contributed by atoms with Crippen molar-refractivity contribution in [2.24, 2.45) is 0 Å². The summed E-state index contributed by atoms with van der Waals surface area (Å²) in [5.41, 5.74) is 4.94. The van der Waals surface area contributed by atoms with Gasteiger partial charge >= 0.3 is 0 Å². The number of nitrogens with one attached hydrogen (secondary N) is 1. The van der Waals surface area contributed by atoms with Gasteiger partial charge in [0, 0.05) is 11.3 Å². The SMILES string of the molecule is Cc1coc(C)c1C(=O)Nc1ccc2ncsc2c1. The number of amides is 1. The molecule has 0 radical (unpaired) electrons. The van der Waals surface area contributed by atoms with E-state index in [0.29, 0.717) is 11.3 Å². The number of thiazole rings is 1. The predicted octanol–water partition coefficient (Wildman–Crippen LogP) is 3.76. The fraction of sp³-hybridized carbons (Fsp3) is 0.143. The molecule has 0 atom stereocenters. The van der Waals surface area contributed by atoms with Crippen LogP contribution in [0.1, 0.15) is 21.7 Å². The van der Waals surface area contributed by atoms with Crippen LogP contribution in [0.3, 0.4) is 0 Å². The lowest BCUT2D eigenvalue weighted by Gasteiger charge is -2.05. The Morgan fingerprint density at radius 3 is 2.95 bits per heavy atom. The molecule has 4 nitrogen and oxygen atoms in total. The van der Waals surface area contributed by atoms with Crippen LogP contribution in [0.25, 0.3) is 10.2 Å². The zero-order valence-corrected chi connectivity index (χ0v) is 11.4. The van der Waals surface area contributed by atoms with Crippen LogP contribution < -0.4 is 5.32 Å². The van der Waals surface area contributed by atoms with Gasteiger partial charge in [-0.2, -0.15) is 0 Å². The van der Waals surface area contributed by atoms with Gasteiger partial charge in [0.15, 0.2) is 0 Å². The van der Waals surface area contributed by atoms with Crippen molar-refractivity contribution in [2.45, 2.75) is 13.8 Å². The molecule has 5 heteroatoms. The molecule has 96 valence electrons. The van der Waals surface area contributed by atoms with Crippen LogP contribution in [-0.2, 0) is 0 Å². The van der Waals surface area contributed by atoms with Crippen molar-refractivity contribution in [2.75, 3.05) is 5.32 Å². The van der Waals surface area contributed by atoms with E-state index in [9.17, 15) is 4.79 Å². The third kappa shape index (κ3) is 2.13. The van der Waals surface area contributed by atoms with Gasteiger partial charge in [0.1, 0.15) is 5.76 Å². The van der Waals surface area contributed by atoms with Crippen molar-refractivity contribution < 1.29 is 9.21 Å². The molecular weight excluding hydrogens is 260 g/mol. The Morgan fingerprint density at radius 2 is 2.21 bits per heavy atom. The molecule has 0 aliphatic heterocycles. The van der Waals surface area contributed by atoms with Gasteiger partial charge in [-0.05, 0) is 32.0 Å². The summed E-state index contributed by atoms with van der Waals surface area (Å²) in [6.07, 6.45) is 1.59. The zero-order valence-electron chi connectivity index (χ0n) is 10.6. The number of nitrogens with zero attached hydrogens (tertiary/aromatic N) is 1. The van der Waals surface area contributed by atoms with E-state index in [-0.39, 0.29) is 5.91 Å². The van der Waals surface area contributed by atoms with Crippen LogP contribution in [0.15, 0.2) is 34.4 Å². The molecule has 19 heavy (non-hydrogen) atoms. The largest absolute Gasteiger partial charge is 0.469 e.